The Morgan fingerprint density at radius 1 is 0.385 bits per heavy atom. The Bertz CT molecular complexity index is 2440. The third-order valence-electron chi connectivity index (χ3n) is 13.8. The molecule has 0 atom stereocenters. The van der Waals surface area contributed by atoms with Gasteiger partial charge in [-0.1, -0.05) is 145 Å². The summed E-state index contributed by atoms with van der Waals surface area (Å²) in [6.07, 6.45) is 4.71. The van der Waals surface area contributed by atoms with Gasteiger partial charge in [-0.25, -0.2) is 9.59 Å². The van der Waals surface area contributed by atoms with Gasteiger partial charge in [0.1, 0.15) is 36.1 Å². The van der Waals surface area contributed by atoms with Crippen LogP contribution in [0.5, 0.6) is 23.0 Å². The summed E-state index contributed by atoms with van der Waals surface area (Å²) in [5, 5.41) is 10.8. The molecule has 0 fully saturated rings. The molecule has 4 aromatic rings. The molecule has 78 heavy (non-hydrogen) atoms. The number of fused-ring (bicyclic) bond motifs is 8. The van der Waals surface area contributed by atoms with Gasteiger partial charge in [-0.05, 0) is 114 Å². The van der Waals surface area contributed by atoms with Gasteiger partial charge in [-0.2, -0.15) is 0 Å². The van der Waals surface area contributed by atoms with Crippen molar-refractivity contribution in [3.8, 4) is 23.0 Å². The number of carbonyl (C=O) groups is 4. The molecule has 428 valence electrons. The van der Waals surface area contributed by atoms with Crippen molar-refractivity contribution in [3.05, 3.63) is 115 Å². The predicted molar refractivity (Wildman–Crippen MR) is 310 cm³/mol. The van der Waals surface area contributed by atoms with Gasteiger partial charge < -0.3 is 49.7 Å². The minimum absolute atomic E-state index is 0.221. The van der Waals surface area contributed by atoms with Crippen LogP contribution in [0.2, 0.25) is 0 Å². The van der Waals surface area contributed by atoms with E-state index in [1.165, 1.54) is 36.5 Å². The van der Waals surface area contributed by atoms with Crippen LogP contribution in [-0.4, -0.2) is 90.8 Å². The van der Waals surface area contributed by atoms with Gasteiger partial charge in [0.15, 0.2) is 0 Å². The minimum atomic E-state index is -0.528. The average molecular weight is 1080 g/mol. The molecule has 0 aliphatic heterocycles. The van der Waals surface area contributed by atoms with E-state index in [0.717, 1.165) is 80.3 Å². The highest BCUT2D eigenvalue weighted by Gasteiger charge is 2.30. The first kappa shape index (κ1) is 62.4. The summed E-state index contributed by atoms with van der Waals surface area (Å²) in [7, 11) is 2.57. The average Bonchev–Trinajstić information content (AvgIpc) is 3.36. The smallest absolute Gasteiger partial charge is 0.325 e. The third kappa shape index (κ3) is 17.8. The lowest BCUT2D eigenvalue weighted by Crippen LogP contribution is -2.39. The number of benzene rings is 4. The molecule has 5 rings (SSSR count). The second-order valence-corrected chi connectivity index (χ2v) is 24.7. The summed E-state index contributed by atoms with van der Waals surface area (Å²) in [6.45, 7) is 33.1. The molecule has 0 saturated carbocycles. The highest BCUT2D eigenvalue weighted by molar-refractivity contribution is 5.81. The molecule has 14 nitrogen and oxygen atoms in total. The van der Waals surface area contributed by atoms with Crippen LogP contribution in [0.1, 0.15) is 189 Å². The van der Waals surface area contributed by atoms with Crippen molar-refractivity contribution in [3.63, 3.8) is 0 Å². The molecule has 4 amide bonds. The lowest BCUT2D eigenvalue weighted by Gasteiger charge is -2.29. The van der Waals surface area contributed by atoms with Crippen molar-refractivity contribution >= 4 is 24.0 Å². The van der Waals surface area contributed by atoms with Crippen LogP contribution in [0.15, 0.2) is 48.5 Å². The fraction of sp³-hybridized carbons (Fsp3) is 0.562. The molecule has 0 radical (unpaired) electrons. The zero-order valence-electron chi connectivity index (χ0n) is 50.0. The summed E-state index contributed by atoms with van der Waals surface area (Å²) in [5.41, 5.74) is 12.2. The second-order valence-electron chi connectivity index (χ2n) is 24.7. The Morgan fingerprint density at radius 3 is 0.821 bits per heavy atom. The molecular weight excluding hydrogens is 985 g/mol. The van der Waals surface area contributed by atoms with E-state index < -0.39 is 24.0 Å². The van der Waals surface area contributed by atoms with Crippen molar-refractivity contribution in [2.75, 3.05) is 66.8 Å². The zero-order valence-corrected chi connectivity index (χ0v) is 50.0. The number of esters is 2. The summed E-state index contributed by atoms with van der Waals surface area (Å²) < 4.78 is 37.5. The highest BCUT2D eigenvalue weighted by atomic mass is 16.5. The quantitative estimate of drug-likeness (QED) is 0.0434. The molecule has 0 spiro atoms. The van der Waals surface area contributed by atoms with Crippen LogP contribution in [0.4, 0.5) is 9.59 Å². The first-order valence-corrected chi connectivity index (χ1v) is 28.0. The van der Waals surface area contributed by atoms with E-state index in [1.807, 2.05) is 0 Å². The summed E-state index contributed by atoms with van der Waals surface area (Å²) in [4.78, 5) is 48.7. The number of amides is 4. The van der Waals surface area contributed by atoms with Crippen LogP contribution in [-0.2, 0) is 66.4 Å². The molecule has 1 aliphatic carbocycles. The number of rotatable bonds is 20. The molecule has 0 unspecified atom stereocenters. The van der Waals surface area contributed by atoms with Crippen LogP contribution in [0, 0.1) is 0 Å². The van der Waals surface area contributed by atoms with Crippen LogP contribution >= 0.6 is 0 Å². The summed E-state index contributed by atoms with van der Waals surface area (Å²) in [5.74, 6) is 2.23. The van der Waals surface area contributed by atoms with Gasteiger partial charge in [0.25, 0.3) is 0 Å². The summed E-state index contributed by atoms with van der Waals surface area (Å²) in [6, 6.07) is 17.6. The highest BCUT2D eigenvalue weighted by Crippen LogP contribution is 2.44. The predicted octanol–water partition coefficient (Wildman–Crippen LogP) is 11.6. The molecule has 0 heterocycles. The Balaban J connectivity index is 1.83. The maximum atomic E-state index is 12.6. The molecular formula is C64H92N4O10. The number of urea groups is 2. The van der Waals surface area contributed by atoms with Crippen molar-refractivity contribution in [1.29, 1.82) is 0 Å². The fourth-order valence-electron chi connectivity index (χ4n) is 9.24. The number of ether oxygens (including phenoxy) is 6. The Hall–Kier alpha value is -6.44. The molecule has 1 aliphatic rings. The van der Waals surface area contributed by atoms with Gasteiger partial charge in [-0.15, -0.1) is 0 Å². The maximum absolute atomic E-state index is 12.6. The van der Waals surface area contributed by atoms with Crippen molar-refractivity contribution in [2.24, 2.45) is 0 Å². The lowest BCUT2D eigenvalue weighted by atomic mass is 9.79. The minimum Gasteiger partial charge on any atom is -0.493 e. The third-order valence-corrected chi connectivity index (χ3v) is 13.8. The largest absolute Gasteiger partial charge is 0.493 e. The van der Waals surface area contributed by atoms with E-state index in [-0.39, 0.29) is 34.7 Å². The van der Waals surface area contributed by atoms with Crippen LogP contribution < -0.4 is 40.2 Å². The summed E-state index contributed by atoms with van der Waals surface area (Å²) >= 11 is 0. The molecule has 0 saturated heterocycles. The van der Waals surface area contributed by atoms with Crippen molar-refractivity contribution in [2.45, 2.75) is 170 Å². The van der Waals surface area contributed by atoms with Crippen molar-refractivity contribution < 1.29 is 47.6 Å². The molecule has 8 bridgehead atoms. The molecule has 0 aromatic heterocycles. The Labute approximate surface area is 466 Å². The van der Waals surface area contributed by atoms with Gasteiger partial charge >= 0.3 is 24.0 Å². The molecule has 14 heteroatoms. The maximum Gasteiger partial charge on any atom is 0.325 e. The van der Waals surface area contributed by atoms with E-state index >= 15 is 0 Å². The number of hydrogen-bond donors (Lipinski definition) is 4. The van der Waals surface area contributed by atoms with E-state index in [1.54, 1.807) is 0 Å². The van der Waals surface area contributed by atoms with Crippen LogP contribution in [0.3, 0.4) is 0 Å². The van der Waals surface area contributed by atoms with E-state index in [2.05, 4.69) is 176 Å². The zero-order chi connectivity index (χ0) is 57.6. The van der Waals surface area contributed by atoms with Crippen LogP contribution in [0.25, 0.3) is 0 Å². The lowest BCUT2D eigenvalue weighted by molar-refractivity contribution is -0.140. The SMILES string of the molecule is CCCOc1c2cc(C(C)(C)C)cc1Cc1cc(C(C)(C)C)cc(c1OCCCNC(=O)NCC(=O)OC)Cc1cc(C(C)(C)C)cc(c1OCCC)Cc1cc(C(C)(C)C)cc(c1OCCCNC(=O)NCC(=O)OC)C2. The van der Waals surface area contributed by atoms with Gasteiger partial charge in [0.2, 0.25) is 0 Å². The fourth-order valence-corrected chi connectivity index (χ4v) is 9.24. The van der Waals surface area contributed by atoms with Crippen molar-refractivity contribution in [1.82, 2.24) is 21.3 Å². The Kier molecular flexibility index (Phi) is 21.9. The van der Waals surface area contributed by atoms with Gasteiger partial charge in [0, 0.05) is 38.8 Å². The second kappa shape index (κ2) is 27.4. The number of nitrogens with one attached hydrogen (secondary N) is 4. The monoisotopic (exact) mass is 1080 g/mol. The molecule has 4 aromatic carbocycles. The standard InChI is InChI=1S/C64H92N4O10/c1-17-23-75-55-41-27-45-35-51(63(9,10)11)37-47(57(45)77-25-19-21-65-59(71)67-39-53(69)73-15)29-43-33-50(62(6,7)8)34-44(56(43)76-24-18-2)30-48-38-52(64(12,13)14)36-46(28-42(55)32-49(31-41)61(3,4)5)58(48)78-26-20-22-66-60(72)68-40-54(70)74-16/h31-38H,17-30,39-40H2,1-16H3,(H2,65,67,71)(H2,66,68,72). The van der Waals surface area contributed by atoms with Gasteiger partial charge in [0.05, 0.1) is 40.6 Å². The van der Waals surface area contributed by atoms with E-state index in [0.29, 0.717) is 78.0 Å². The van der Waals surface area contributed by atoms with Gasteiger partial charge in [-0.3, -0.25) is 9.59 Å². The van der Waals surface area contributed by atoms with E-state index in [4.69, 9.17) is 18.9 Å². The molecule has 4 N–H and O–H groups in total. The number of hydrogen-bond acceptors (Lipinski definition) is 10. The first-order chi connectivity index (χ1) is 36.7. The normalized spacial score (nSPS) is 12.7. The Morgan fingerprint density at radius 2 is 0.615 bits per heavy atom. The topological polar surface area (TPSA) is 172 Å². The first-order valence-electron chi connectivity index (χ1n) is 28.0. The number of methoxy groups -OCH3 is 2. The van der Waals surface area contributed by atoms with E-state index in [9.17, 15) is 19.2 Å². The number of carbonyl (C=O) groups excluding carboxylic acids is 4.